The number of nitrogens with zero attached hydrogens (tertiary/aromatic N) is 2. The second-order valence-electron chi connectivity index (χ2n) is 6.58. The number of amides is 1. The Labute approximate surface area is 167 Å². The summed E-state index contributed by atoms with van der Waals surface area (Å²) in [6.45, 7) is 0.723. The molecule has 0 aliphatic rings. The zero-order valence-electron chi connectivity index (χ0n) is 15.7. The van der Waals surface area contributed by atoms with Crippen molar-refractivity contribution in [2.75, 3.05) is 11.9 Å². The molecule has 29 heavy (non-hydrogen) atoms. The summed E-state index contributed by atoms with van der Waals surface area (Å²) in [5.74, 6) is -0.353. The number of H-pyrrole nitrogens is 1. The minimum Gasteiger partial charge on any atom is -0.361 e. The molecule has 4 aromatic rings. The summed E-state index contributed by atoms with van der Waals surface area (Å²) in [7, 11) is 0. The average molecular weight is 389 g/mol. The highest BCUT2D eigenvalue weighted by Crippen LogP contribution is 2.18. The number of hydrogen-bond acceptors (Lipinski definition) is 4. The van der Waals surface area contributed by atoms with E-state index in [1.165, 1.54) is 29.3 Å². The zero-order chi connectivity index (χ0) is 20.1. The van der Waals surface area contributed by atoms with E-state index in [0.717, 1.165) is 11.9 Å². The molecule has 0 saturated heterocycles. The molecule has 0 unspecified atom stereocenters. The lowest BCUT2D eigenvalue weighted by molar-refractivity contribution is 0.0945. The van der Waals surface area contributed by atoms with Crippen LogP contribution in [0.3, 0.4) is 0 Å². The molecule has 0 spiro atoms. The Morgan fingerprint density at radius 2 is 1.86 bits per heavy atom. The van der Waals surface area contributed by atoms with Crippen molar-refractivity contribution >= 4 is 22.8 Å². The van der Waals surface area contributed by atoms with Gasteiger partial charge in [-0.25, -0.2) is 14.4 Å². The fraction of sp³-hybridized carbons (Fsp3) is 0.136. The van der Waals surface area contributed by atoms with E-state index >= 15 is 0 Å². The number of fused-ring (bicyclic) bond motifs is 1. The maximum absolute atomic E-state index is 13.7. The molecule has 0 aliphatic carbocycles. The Bertz CT molecular complexity index is 1140. The molecule has 0 atom stereocenters. The highest BCUT2D eigenvalue weighted by atomic mass is 19.1. The number of nitrogens with one attached hydrogen (secondary N) is 3. The van der Waals surface area contributed by atoms with Crippen LogP contribution in [0.2, 0.25) is 0 Å². The monoisotopic (exact) mass is 389 g/mol. The summed E-state index contributed by atoms with van der Waals surface area (Å²) in [5, 5.41) is 7.02. The normalized spacial score (nSPS) is 10.8. The number of carbonyl (C=O) groups is 1. The lowest BCUT2D eigenvalue weighted by Gasteiger charge is -2.08. The summed E-state index contributed by atoms with van der Waals surface area (Å²) >= 11 is 0. The van der Waals surface area contributed by atoms with E-state index in [1.807, 2.05) is 24.4 Å². The lowest BCUT2D eigenvalue weighted by atomic mass is 10.1. The zero-order valence-corrected chi connectivity index (χ0v) is 15.7. The van der Waals surface area contributed by atoms with Gasteiger partial charge in [0, 0.05) is 41.9 Å². The third-order valence-electron chi connectivity index (χ3n) is 4.64. The number of anilines is 1. The van der Waals surface area contributed by atoms with Gasteiger partial charge in [0.15, 0.2) is 0 Å². The molecular formula is C22H20FN5O. The third kappa shape index (κ3) is 4.40. The first-order valence-corrected chi connectivity index (χ1v) is 9.34. The molecule has 2 aromatic heterocycles. The van der Waals surface area contributed by atoms with Gasteiger partial charge < -0.3 is 15.6 Å². The van der Waals surface area contributed by atoms with Crippen LogP contribution in [0.15, 0.2) is 67.0 Å². The number of aromatic amines is 1. The van der Waals surface area contributed by atoms with Crippen LogP contribution < -0.4 is 10.6 Å². The molecular weight excluding hydrogens is 369 g/mol. The molecule has 0 bridgehead atoms. The van der Waals surface area contributed by atoms with E-state index in [2.05, 4.69) is 31.7 Å². The number of hydrogen-bond donors (Lipinski definition) is 3. The molecule has 146 valence electrons. The van der Waals surface area contributed by atoms with Gasteiger partial charge in [-0.1, -0.05) is 36.4 Å². The highest BCUT2D eigenvalue weighted by Gasteiger charge is 2.10. The van der Waals surface area contributed by atoms with Crippen LogP contribution in [0, 0.1) is 5.82 Å². The number of carbonyl (C=O) groups excluding carboxylic acids is 1. The molecule has 7 heteroatoms. The number of para-hydroxylation sites is 1. The summed E-state index contributed by atoms with van der Waals surface area (Å²) in [4.78, 5) is 24.0. The fourth-order valence-electron chi connectivity index (χ4n) is 3.13. The Balaban J connectivity index is 1.34. The van der Waals surface area contributed by atoms with Gasteiger partial charge in [0.25, 0.3) is 5.91 Å². The number of aromatic nitrogens is 3. The predicted octanol–water partition coefficient (Wildman–Crippen LogP) is 3.68. The summed E-state index contributed by atoms with van der Waals surface area (Å²) in [6, 6.07) is 16.0. The maximum atomic E-state index is 13.7. The van der Waals surface area contributed by atoms with Crippen LogP contribution in [0.5, 0.6) is 0 Å². The molecule has 2 heterocycles. The average Bonchev–Trinajstić information content (AvgIpc) is 3.16. The van der Waals surface area contributed by atoms with Gasteiger partial charge in [-0.3, -0.25) is 4.79 Å². The van der Waals surface area contributed by atoms with Crippen LogP contribution in [0.1, 0.15) is 21.6 Å². The Morgan fingerprint density at radius 3 is 2.76 bits per heavy atom. The lowest BCUT2D eigenvalue weighted by Crippen LogP contribution is -2.24. The molecule has 0 radical (unpaired) electrons. The van der Waals surface area contributed by atoms with Gasteiger partial charge >= 0.3 is 0 Å². The second-order valence-corrected chi connectivity index (χ2v) is 6.58. The van der Waals surface area contributed by atoms with Crippen molar-refractivity contribution in [3.05, 3.63) is 89.6 Å². The van der Waals surface area contributed by atoms with E-state index in [0.29, 0.717) is 18.1 Å². The van der Waals surface area contributed by atoms with Gasteiger partial charge in [0.2, 0.25) is 5.95 Å². The Hall–Kier alpha value is -3.74. The van der Waals surface area contributed by atoms with Crippen LogP contribution in [0.25, 0.3) is 10.9 Å². The van der Waals surface area contributed by atoms with Crippen molar-refractivity contribution in [2.24, 2.45) is 0 Å². The fourth-order valence-corrected chi connectivity index (χ4v) is 3.13. The molecule has 3 N–H and O–H groups in total. The largest absolute Gasteiger partial charge is 0.361 e. The van der Waals surface area contributed by atoms with Crippen molar-refractivity contribution < 1.29 is 9.18 Å². The first kappa shape index (κ1) is 18.6. The topological polar surface area (TPSA) is 82.7 Å². The van der Waals surface area contributed by atoms with Crippen molar-refractivity contribution in [3.63, 3.8) is 0 Å². The third-order valence-corrected chi connectivity index (χ3v) is 4.64. The molecule has 6 nitrogen and oxygen atoms in total. The maximum Gasteiger partial charge on any atom is 0.270 e. The summed E-state index contributed by atoms with van der Waals surface area (Å²) < 4.78 is 13.7. The predicted molar refractivity (Wildman–Crippen MR) is 110 cm³/mol. The van der Waals surface area contributed by atoms with Crippen LogP contribution in [-0.4, -0.2) is 27.4 Å². The molecule has 2 aromatic carbocycles. The molecule has 1 amide bonds. The number of rotatable bonds is 7. The van der Waals surface area contributed by atoms with Crippen LogP contribution in [0.4, 0.5) is 10.3 Å². The van der Waals surface area contributed by atoms with E-state index in [9.17, 15) is 9.18 Å². The Kier molecular flexibility index (Phi) is 5.47. The summed E-state index contributed by atoms with van der Waals surface area (Å²) in [5.41, 5.74) is 2.96. The highest BCUT2D eigenvalue weighted by molar-refractivity contribution is 5.92. The van der Waals surface area contributed by atoms with Crippen molar-refractivity contribution in [1.82, 2.24) is 20.3 Å². The van der Waals surface area contributed by atoms with Gasteiger partial charge in [-0.15, -0.1) is 0 Å². The van der Waals surface area contributed by atoms with E-state index in [-0.39, 0.29) is 24.0 Å². The number of halogens is 1. The van der Waals surface area contributed by atoms with Crippen molar-refractivity contribution in [1.29, 1.82) is 0 Å². The quantitative estimate of drug-likeness (QED) is 0.450. The van der Waals surface area contributed by atoms with Crippen molar-refractivity contribution in [2.45, 2.75) is 13.0 Å². The molecule has 4 rings (SSSR count). The number of benzene rings is 2. The van der Waals surface area contributed by atoms with Crippen LogP contribution >= 0.6 is 0 Å². The first-order valence-electron chi connectivity index (χ1n) is 9.34. The minimum absolute atomic E-state index is 0.0961. The van der Waals surface area contributed by atoms with Gasteiger partial charge in [-0.05, 0) is 30.2 Å². The van der Waals surface area contributed by atoms with E-state index < -0.39 is 0 Å². The molecule has 0 fully saturated rings. The SMILES string of the molecule is O=C(NCc1ccccc1F)c1ccnc(NCCc2c[nH]c3ccccc23)n1. The van der Waals surface area contributed by atoms with Crippen LogP contribution in [-0.2, 0) is 13.0 Å². The van der Waals surface area contributed by atoms with Gasteiger partial charge in [-0.2, -0.15) is 0 Å². The van der Waals surface area contributed by atoms with Crippen molar-refractivity contribution in [3.8, 4) is 0 Å². The van der Waals surface area contributed by atoms with Gasteiger partial charge in [0.05, 0.1) is 0 Å². The summed E-state index contributed by atoms with van der Waals surface area (Å²) in [6.07, 6.45) is 4.32. The molecule has 0 saturated carbocycles. The first-order chi connectivity index (χ1) is 14.2. The Morgan fingerprint density at radius 1 is 1.03 bits per heavy atom. The van der Waals surface area contributed by atoms with E-state index in [1.54, 1.807) is 18.2 Å². The molecule has 0 aliphatic heterocycles. The standard InChI is InChI=1S/C22H20FN5O/c23-18-7-3-1-5-16(18)14-27-21(29)20-10-12-25-22(28-20)24-11-9-15-13-26-19-8-4-2-6-17(15)19/h1-8,10,12-13,26H,9,11,14H2,(H,27,29)(H,24,25,28). The smallest absolute Gasteiger partial charge is 0.270 e. The minimum atomic E-state index is -0.379. The van der Waals surface area contributed by atoms with Gasteiger partial charge in [0.1, 0.15) is 11.5 Å². The second kappa shape index (κ2) is 8.52. The van der Waals surface area contributed by atoms with E-state index in [4.69, 9.17) is 0 Å².